The van der Waals surface area contributed by atoms with Crippen LogP contribution >= 0.6 is 11.3 Å². The summed E-state index contributed by atoms with van der Waals surface area (Å²) in [5.74, 6) is 0. The number of nitrogens with zero attached hydrogens (tertiary/aromatic N) is 5. The molecule has 0 N–H and O–H groups in total. The van der Waals surface area contributed by atoms with Gasteiger partial charge in [0.15, 0.2) is 4.21 Å². The molecule has 0 saturated carbocycles. The quantitative estimate of drug-likeness (QED) is 0.813. The molecule has 132 valence electrons. The highest BCUT2D eigenvalue weighted by Gasteiger charge is 2.30. The van der Waals surface area contributed by atoms with Gasteiger partial charge in [-0.1, -0.05) is 0 Å². The first-order valence-electron chi connectivity index (χ1n) is 7.93. The van der Waals surface area contributed by atoms with Gasteiger partial charge in [0.25, 0.3) is 10.0 Å². The third kappa shape index (κ3) is 3.26. The second kappa shape index (κ2) is 6.55. The van der Waals surface area contributed by atoms with Crippen molar-refractivity contribution >= 4 is 21.4 Å². The molecule has 1 aliphatic rings. The normalized spacial score (nSPS) is 17.5. The molecule has 3 rings (SSSR count). The van der Waals surface area contributed by atoms with Crippen LogP contribution in [0.15, 0.2) is 10.4 Å². The maximum atomic E-state index is 12.6. The van der Waals surface area contributed by atoms with Gasteiger partial charge in [0.1, 0.15) is 0 Å². The first-order chi connectivity index (χ1) is 11.3. The van der Waals surface area contributed by atoms with Crippen molar-refractivity contribution in [2.24, 2.45) is 7.05 Å². The van der Waals surface area contributed by atoms with Crippen LogP contribution in [0.2, 0.25) is 0 Å². The zero-order valence-corrected chi connectivity index (χ0v) is 16.1. The molecule has 0 spiro atoms. The van der Waals surface area contributed by atoms with E-state index in [0.717, 1.165) is 30.3 Å². The standard InChI is InChI=1S/C15H23N5O2S2/c1-11-14(12(2)18(4)17-11)10-19-5-7-20(8-6-19)24(21,22)15-9-16-13(3)23-15/h9H,5-8,10H2,1-4H3. The Labute approximate surface area is 147 Å². The van der Waals surface area contributed by atoms with Crippen molar-refractivity contribution in [3.8, 4) is 0 Å². The third-order valence-electron chi connectivity index (χ3n) is 4.57. The number of sulfonamides is 1. The summed E-state index contributed by atoms with van der Waals surface area (Å²) in [7, 11) is -1.45. The highest BCUT2D eigenvalue weighted by Crippen LogP contribution is 2.24. The summed E-state index contributed by atoms with van der Waals surface area (Å²) < 4.78 is 29.1. The molecular weight excluding hydrogens is 346 g/mol. The second-order valence-corrected chi connectivity index (χ2v) is 9.55. The fourth-order valence-corrected chi connectivity index (χ4v) is 5.67. The summed E-state index contributed by atoms with van der Waals surface area (Å²) in [6.07, 6.45) is 1.46. The van der Waals surface area contributed by atoms with Gasteiger partial charge in [-0.25, -0.2) is 13.4 Å². The topological polar surface area (TPSA) is 71.3 Å². The average Bonchev–Trinajstić information content (AvgIpc) is 3.08. The van der Waals surface area contributed by atoms with E-state index in [-0.39, 0.29) is 0 Å². The van der Waals surface area contributed by atoms with Crippen molar-refractivity contribution < 1.29 is 8.42 Å². The highest BCUT2D eigenvalue weighted by molar-refractivity contribution is 7.91. The van der Waals surface area contributed by atoms with E-state index in [2.05, 4.69) is 21.9 Å². The minimum Gasteiger partial charge on any atom is -0.296 e. The predicted octanol–water partition coefficient (Wildman–Crippen LogP) is 1.31. The van der Waals surface area contributed by atoms with Crippen LogP contribution in [0.4, 0.5) is 0 Å². The number of hydrogen-bond donors (Lipinski definition) is 0. The van der Waals surface area contributed by atoms with Crippen LogP contribution < -0.4 is 0 Å². The number of rotatable bonds is 4. The fourth-order valence-electron chi connectivity index (χ4n) is 2.99. The molecule has 0 aliphatic carbocycles. The van der Waals surface area contributed by atoms with Gasteiger partial charge >= 0.3 is 0 Å². The van der Waals surface area contributed by atoms with Crippen molar-refractivity contribution in [1.82, 2.24) is 24.0 Å². The van der Waals surface area contributed by atoms with Gasteiger partial charge in [0, 0.05) is 51.0 Å². The lowest BCUT2D eigenvalue weighted by molar-refractivity contribution is 0.181. The van der Waals surface area contributed by atoms with Crippen molar-refractivity contribution in [1.29, 1.82) is 0 Å². The molecule has 9 heteroatoms. The van der Waals surface area contributed by atoms with E-state index in [9.17, 15) is 8.42 Å². The van der Waals surface area contributed by atoms with Crippen LogP contribution in [-0.2, 0) is 23.6 Å². The van der Waals surface area contributed by atoms with E-state index in [1.165, 1.54) is 28.8 Å². The van der Waals surface area contributed by atoms with Gasteiger partial charge in [-0.15, -0.1) is 11.3 Å². The van der Waals surface area contributed by atoms with Crippen LogP contribution in [-0.4, -0.2) is 58.6 Å². The van der Waals surface area contributed by atoms with E-state index < -0.39 is 10.0 Å². The van der Waals surface area contributed by atoms with Crippen LogP contribution in [0, 0.1) is 20.8 Å². The van der Waals surface area contributed by atoms with Crippen molar-refractivity contribution in [3.05, 3.63) is 28.2 Å². The van der Waals surface area contributed by atoms with Gasteiger partial charge in [-0.2, -0.15) is 9.40 Å². The highest BCUT2D eigenvalue weighted by atomic mass is 32.2. The Morgan fingerprint density at radius 2 is 1.83 bits per heavy atom. The van der Waals surface area contributed by atoms with E-state index in [1.54, 1.807) is 4.31 Å². The molecule has 0 aromatic carbocycles. The summed E-state index contributed by atoms with van der Waals surface area (Å²) in [4.78, 5) is 6.36. The minimum atomic E-state index is -3.40. The molecule has 1 aliphatic heterocycles. The Balaban J connectivity index is 1.66. The first-order valence-corrected chi connectivity index (χ1v) is 10.2. The number of thiazole rings is 1. The lowest BCUT2D eigenvalue weighted by Crippen LogP contribution is -2.48. The summed E-state index contributed by atoms with van der Waals surface area (Å²) in [5.41, 5.74) is 3.46. The maximum absolute atomic E-state index is 12.6. The van der Waals surface area contributed by atoms with Crippen molar-refractivity contribution in [2.45, 2.75) is 31.5 Å². The van der Waals surface area contributed by atoms with Gasteiger partial charge in [0.2, 0.25) is 0 Å². The molecule has 0 unspecified atom stereocenters. The molecule has 2 aromatic heterocycles. The van der Waals surface area contributed by atoms with E-state index in [4.69, 9.17) is 0 Å². The fraction of sp³-hybridized carbons (Fsp3) is 0.600. The molecule has 0 radical (unpaired) electrons. The average molecular weight is 370 g/mol. The van der Waals surface area contributed by atoms with Crippen molar-refractivity contribution in [3.63, 3.8) is 0 Å². The molecular formula is C15H23N5O2S2. The molecule has 3 heterocycles. The zero-order chi connectivity index (χ0) is 17.5. The maximum Gasteiger partial charge on any atom is 0.254 e. The third-order valence-corrected chi connectivity index (χ3v) is 7.81. The molecule has 0 amide bonds. The van der Waals surface area contributed by atoms with Gasteiger partial charge in [-0.3, -0.25) is 9.58 Å². The van der Waals surface area contributed by atoms with E-state index in [0.29, 0.717) is 17.3 Å². The Bertz CT molecular complexity index is 832. The molecule has 2 aromatic rings. The summed E-state index contributed by atoms with van der Waals surface area (Å²) in [5, 5.41) is 5.22. The zero-order valence-electron chi connectivity index (χ0n) is 14.5. The monoisotopic (exact) mass is 369 g/mol. The summed E-state index contributed by atoms with van der Waals surface area (Å²) in [6.45, 7) is 9.21. The molecule has 7 nitrogen and oxygen atoms in total. The molecule has 1 fully saturated rings. The Kier molecular flexibility index (Phi) is 4.78. The molecule has 1 saturated heterocycles. The lowest BCUT2D eigenvalue weighted by Gasteiger charge is -2.33. The number of hydrogen-bond acceptors (Lipinski definition) is 6. The van der Waals surface area contributed by atoms with Gasteiger partial charge < -0.3 is 0 Å². The van der Waals surface area contributed by atoms with Crippen LogP contribution in [0.5, 0.6) is 0 Å². The summed E-state index contributed by atoms with van der Waals surface area (Å²) >= 11 is 1.23. The van der Waals surface area contributed by atoms with Gasteiger partial charge in [-0.05, 0) is 20.8 Å². The number of aromatic nitrogens is 3. The Morgan fingerprint density at radius 3 is 2.33 bits per heavy atom. The lowest BCUT2D eigenvalue weighted by atomic mass is 10.1. The summed E-state index contributed by atoms with van der Waals surface area (Å²) in [6, 6.07) is 0. The molecule has 0 atom stereocenters. The second-order valence-electron chi connectivity index (χ2n) is 6.15. The smallest absolute Gasteiger partial charge is 0.254 e. The SMILES string of the molecule is Cc1ncc(S(=O)(=O)N2CCN(Cc3c(C)nn(C)c3C)CC2)s1. The van der Waals surface area contributed by atoms with Crippen molar-refractivity contribution in [2.75, 3.05) is 26.2 Å². The first kappa shape index (κ1) is 17.5. The largest absolute Gasteiger partial charge is 0.296 e. The minimum absolute atomic E-state index is 0.340. The molecule has 24 heavy (non-hydrogen) atoms. The number of aryl methyl sites for hydroxylation is 3. The number of piperazine rings is 1. The Hall–Kier alpha value is -1.29. The van der Waals surface area contributed by atoms with Crippen LogP contribution in [0.3, 0.4) is 0 Å². The van der Waals surface area contributed by atoms with E-state index >= 15 is 0 Å². The predicted molar refractivity (Wildman–Crippen MR) is 93.6 cm³/mol. The Morgan fingerprint density at radius 1 is 1.17 bits per heavy atom. The van der Waals surface area contributed by atoms with Crippen LogP contribution in [0.1, 0.15) is 22.0 Å². The van der Waals surface area contributed by atoms with Crippen LogP contribution in [0.25, 0.3) is 0 Å². The van der Waals surface area contributed by atoms with E-state index in [1.807, 2.05) is 25.6 Å². The van der Waals surface area contributed by atoms with Gasteiger partial charge in [0.05, 0.1) is 16.9 Å². The molecule has 0 bridgehead atoms.